The molecule has 2 rings (SSSR count). The Hall–Kier alpha value is -2.48. The molecule has 0 unspecified atom stereocenters. The molecule has 0 radical (unpaired) electrons. The zero-order valence-electron chi connectivity index (χ0n) is 12.5. The summed E-state index contributed by atoms with van der Waals surface area (Å²) in [5.74, 6) is -1.75. The number of carbonyl (C=O) groups is 3. The van der Waals surface area contributed by atoms with Gasteiger partial charge in [0.15, 0.2) is 0 Å². The van der Waals surface area contributed by atoms with Gasteiger partial charge in [-0.1, -0.05) is 18.2 Å². The Morgan fingerprint density at radius 2 is 2.13 bits per heavy atom. The van der Waals surface area contributed by atoms with Crippen LogP contribution >= 0.6 is 0 Å². The molecule has 1 aromatic carbocycles. The molecule has 3 amide bonds. The van der Waals surface area contributed by atoms with Crippen LogP contribution in [0.1, 0.15) is 12.0 Å². The molecule has 0 bridgehead atoms. The summed E-state index contributed by atoms with van der Waals surface area (Å²) < 4.78 is 13.8. The van der Waals surface area contributed by atoms with Crippen LogP contribution in [0.25, 0.3) is 0 Å². The highest BCUT2D eigenvalue weighted by Crippen LogP contribution is 2.16. The normalized spacial score (nSPS) is 18.3. The minimum absolute atomic E-state index is 0.117. The maximum absolute atomic E-state index is 13.8. The second-order valence-corrected chi connectivity index (χ2v) is 5.32. The summed E-state index contributed by atoms with van der Waals surface area (Å²) in [6.07, 6.45) is -0.117. The molecule has 7 nitrogen and oxygen atoms in total. The maximum atomic E-state index is 13.8. The summed E-state index contributed by atoms with van der Waals surface area (Å²) in [6.45, 7) is 0.898. The van der Waals surface area contributed by atoms with Crippen molar-refractivity contribution in [3.05, 3.63) is 35.6 Å². The fraction of sp³-hybridized carbons (Fsp3) is 0.400. The van der Waals surface area contributed by atoms with E-state index >= 15 is 0 Å². The summed E-state index contributed by atoms with van der Waals surface area (Å²) in [7, 11) is 0. The van der Waals surface area contributed by atoms with E-state index in [0.717, 1.165) is 0 Å². The van der Waals surface area contributed by atoms with Gasteiger partial charge in [-0.05, 0) is 6.07 Å². The number of hydrogen-bond acceptors (Lipinski definition) is 4. The third kappa shape index (κ3) is 4.75. The van der Waals surface area contributed by atoms with Crippen molar-refractivity contribution >= 4 is 17.7 Å². The Labute approximate surface area is 133 Å². The van der Waals surface area contributed by atoms with Gasteiger partial charge in [-0.25, -0.2) is 4.39 Å². The highest BCUT2D eigenvalue weighted by atomic mass is 19.1. The number of carbonyl (C=O) groups excluding carboxylic acids is 3. The molecule has 23 heavy (non-hydrogen) atoms. The van der Waals surface area contributed by atoms with Crippen LogP contribution < -0.4 is 16.4 Å². The van der Waals surface area contributed by atoms with Gasteiger partial charge in [0.25, 0.3) is 0 Å². The van der Waals surface area contributed by atoms with E-state index in [1.165, 1.54) is 6.07 Å². The fourth-order valence-electron chi connectivity index (χ4n) is 2.45. The molecule has 1 fully saturated rings. The van der Waals surface area contributed by atoms with E-state index in [2.05, 4.69) is 10.6 Å². The number of primary amides is 1. The Bertz CT molecular complexity index is 608. The predicted molar refractivity (Wildman–Crippen MR) is 80.4 cm³/mol. The monoisotopic (exact) mass is 322 g/mol. The Balaban J connectivity index is 2.04. The largest absolute Gasteiger partial charge is 0.368 e. The van der Waals surface area contributed by atoms with Crippen molar-refractivity contribution in [3.63, 3.8) is 0 Å². The number of nitrogens with two attached hydrogens (primary N) is 1. The van der Waals surface area contributed by atoms with E-state index in [1.54, 1.807) is 23.1 Å². The van der Waals surface area contributed by atoms with Crippen LogP contribution in [-0.4, -0.2) is 48.3 Å². The van der Waals surface area contributed by atoms with Gasteiger partial charge in [0.2, 0.25) is 17.7 Å². The van der Waals surface area contributed by atoms with Gasteiger partial charge in [0.05, 0.1) is 19.0 Å². The molecule has 1 heterocycles. The van der Waals surface area contributed by atoms with Crippen LogP contribution in [0, 0.1) is 5.82 Å². The third-order valence-electron chi connectivity index (χ3n) is 3.61. The molecule has 124 valence electrons. The van der Waals surface area contributed by atoms with Crippen molar-refractivity contribution in [3.8, 4) is 0 Å². The average molecular weight is 322 g/mol. The van der Waals surface area contributed by atoms with Gasteiger partial charge >= 0.3 is 0 Å². The molecular weight excluding hydrogens is 303 g/mol. The lowest BCUT2D eigenvalue weighted by molar-refractivity contribution is -0.134. The maximum Gasteiger partial charge on any atom is 0.237 e. The molecule has 8 heteroatoms. The summed E-state index contributed by atoms with van der Waals surface area (Å²) >= 11 is 0. The number of piperazine rings is 1. The van der Waals surface area contributed by atoms with Gasteiger partial charge in [0, 0.05) is 25.2 Å². The van der Waals surface area contributed by atoms with Crippen molar-refractivity contribution in [2.45, 2.75) is 19.0 Å². The standard InChI is InChI=1S/C15H19FN4O3/c16-11-4-2-1-3-10(11)9-20-6-5-18-15(23)12(20)7-14(22)19-8-13(17)21/h1-4,12H,5-9H2,(H2,17,21)(H,18,23)(H,19,22)/t12-/m1/s1. The van der Waals surface area contributed by atoms with Crippen LogP contribution in [0.2, 0.25) is 0 Å². The first-order chi connectivity index (χ1) is 11.0. The van der Waals surface area contributed by atoms with E-state index in [1.807, 2.05) is 0 Å². The van der Waals surface area contributed by atoms with E-state index in [0.29, 0.717) is 18.7 Å². The highest BCUT2D eigenvalue weighted by Gasteiger charge is 2.31. The molecule has 0 saturated carbocycles. The van der Waals surface area contributed by atoms with Crippen LogP contribution in [0.15, 0.2) is 24.3 Å². The first-order valence-corrected chi connectivity index (χ1v) is 7.27. The molecular formula is C15H19FN4O3. The lowest BCUT2D eigenvalue weighted by atomic mass is 10.1. The topological polar surface area (TPSA) is 105 Å². The molecule has 1 aromatic rings. The van der Waals surface area contributed by atoms with Crippen molar-refractivity contribution in [2.24, 2.45) is 5.73 Å². The van der Waals surface area contributed by atoms with Crippen molar-refractivity contribution < 1.29 is 18.8 Å². The second kappa shape index (κ2) is 7.68. The Kier molecular flexibility index (Phi) is 5.64. The summed E-state index contributed by atoms with van der Waals surface area (Å²) in [5, 5.41) is 5.04. The summed E-state index contributed by atoms with van der Waals surface area (Å²) in [4.78, 5) is 36.3. The smallest absolute Gasteiger partial charge is 0.237 e. The average Bonchev–Trinajstić information content (AvgIpc) is 2.51. The van der Waals surface area contributed by atoms with Crippen LogP contribution in [-0.2, 0) is 20.9 Å². The minimum Gasteiger partial charge on any atom is -0.368 e. The van der Waals surface area contributed by atoms with Gasteiger partial charge in [0.1, 0.15) is 5.82 Å². The van der Waals surface area contributed by atoms with Crippen molar-refractivity contribution in [1.29, 1.82) is 0 Å². The van der Waals surface area contributed by atoms with E-state index in [4.69, 9.17) is 5.73 Å². The van der Waals surface area contributed by atoms with Crippen LogP contribution in [0.3, 0.4) is 0 Å². The van der Waals surface area contributed by atoms with Gasteiger partial charge in [-0.15, -0.1) is 0 Å². The lowest BCUT2D eigenvalue weighted by Gasteiger charge is -2.34. The van der Waals surface area contributed by atoms with Gasteiger partial charge in [-0.3, -0.25) is 19.3 Å². The highest BCUT2D eigenvalue weighted by molar-refractivity contribution is 5.90. The molecule has 1 atom stereocenters. The molecule has 0 spiro atoms. The first kappa shape index (κ1) is 16.9. The van der Waals surface area contributed by atoms with Crippen molar-refractivity contribution in [2.75, 3.05) is 19.6 Å². The molecule has 1 saturated heterocycles. The van der Waals surface area contributed by atoms with Crippen LogP contribution in [0.4, 0.5) is 4.39 Å². The van der Waals surface area contributed by atoms with E-state index in [-0.39, 0.29) is 31.2 Å². The molecule has 0 aliphatic carbocycles. The molecule has 1 aliphatic rings. The number of benzene rings is 1. The number of halogens is 1. The van der Waals surface area contributed by atoms with Gasteiger partial charge < -0.3 is 16.4 Å². The number of amides is 3. The van der Waals surface area contributed by atoms with Gasteiger partial charge in [-0.2, -0.15) is 0 Å². The Morgan fingerprint density at radius 3 is 2.83 bits per heavy atom. The molecule has 1 aliphatic heterocycles. The zero-order chi connectivity index (χ0) is 16.8. The predicted octanol–water partition coefficient (Wildman–Crippen LogP) is -0.882. The SMILES string of the molecule is NC(=O)CNC(=O)C[C@@H]1C(=O)NCCN1Cc1ccccc1F. The van der Waals surface area contributed by atoms with E-state index < -0.39 is 17.9 Å². The van der Waals surface area contributed by atoms with E-state index in [9.17, 15) is 18.8 Å². The van der Waals surface area contributed by atoms with Crippen LogP contribution in [0.5, 0.6) is 0 Å². The minimum atomic E-state index is -0.712. The zero-order valence-corrected chi connectivity index (χ0v) is 12.5. The lowest BCUT2D eigenvalue weighted by Crippen LogP contribution is -2.56. The molecule has 4 N–H and O–H groups in total. The number of rotatable bonds is 6. The summed E-state index contributed by atoms with van der Waals surface area (Å²) in [6, 6.07) is 5.60. The quantitative estimate of drug-likeness (QED) is 0.632. The number of hydrogen-bond donors (Lipinski definition) is 3. The number of nitrogens with zero attached hydrogens (tertiary/aromatic N) is 1. The summed E-state index contributed by atoms with van der Waals surface area (Å²) in [5.41, 5.74) is 5.43. The molecule has 0 aromatic heterocycles. The number of nitrogens with one attached hydrogen (secondary N) is 2. The van der Waals surface area contributed by atoms with Crippen molar-refractivity contribution in [1.82, 2.24) is 15.5 Å². The fourth-order valence-corrected chi connectivity index (χ4v) is 2.45. The first-order valence-electron chi connectivity index (χ1n) is 7.27. The second-order valence-electron chi connectivity index (χ2n) is 5.32. The Morgan fingerprint density at radius 1 is 1.39 bits per heavy atom. The third-order valence-corrected chi connectivity index (χ3v) is 3.61.